The van der Waals surface area contributed by atoms with Gasteiger partial charge in [-0.2, -0.15) is 0 Å². The number of nitrogens with zero attached hydrogens (tertiary/aromatic N) is 3. The van der Waals surface area contributed by atoms with Crippen LogP contribution in [0.2, 0.25) is 0 Å². The minimum Gasteiger partial charge on any atom is -0.406 e. The van der Waals surface area contributed by atoms with Gasteiger partial charge < -0.3 is 9.64 Å². The van der Waals surface area contributed by atoms with E-state index in [4.69, 9.17) is 0 Å². The van der Waals surface area contributed by atoms with Crippen molar-refractivity contribution in [1.29, 1.82) is 0 Å². The second kappa shape index (κ2) is 10.1. The molecule has 4 rings (SSSR count). The first-order valence-corrected chi connectivity index (χ1v) is 10.9. The van der Waals surface area contributed by atoms with Crippen molar-refractivity contribution in [1.82, 2.24) is 9.80 Å². The van der Waals surface area contributed by atoms with Crippen molar-refractivity contribution < 1.29 is 27.6 Å². The van der Waals surface area contributed by atoms with Crippen molar-refractivity contribution in [2.45, 2.75) is 12.9 Å². The van der Waals surface area contributed by atoms with Crippen LogP contribution in [0.25, 0.3) is 11.1 Å². The highest BCUT2D eigenvalue weighted by atomic mass is 19.4. The first kappa shape index (κ1) is 24.2. The summed E-state index contributed by atoms with van der Waals surface area (Å²) < 4.78 is 41.4. The zero-order valence-electron chi connectivity index (χ0n) is 18.6. The van der Waals surface area contributed by atoms with Crippen LogP contribution in [0.15, 0.2) is 72.8 Å². The van der Waals surface area contributed by atoms with Crippen LogP contribution in [-0.4, -0.2) is 53.2 Å². The molecule has 0 spiro atoms. The summed E-state index contributed by atoms with van der Waals surface area (Å²) in [7, 11) is 0. The first-order valence-electron chi connectivity index (χ1n) is 10.9. The number of hydrogen-bond donors (Lipinski definition) is 0. The van der Waals surface area contributed by atoms with E-state index in [0.29, 0.717) is 43.9 Å². The highest BCUT2D eigenvalue weighted by molar-refractivity contribution is 5.99. The van der Waals surface area contributed by atoms with Gasteiger partial charge in [0.2, 0.25) is 0 Å². The fourth-order valence-corrected chi connectivity index (χ4v) is 4.06. The SMILES string of the molecule is O=C(c1cc(-c2ccccc2)ccc1[N+](=O)[O-])N1CCN(Cc2cccc(OC(F)(F)F)c2)CC1. The Morgan fingerprint density at radius 2 is 1.63 bits per heavy atom. The fraction of sp³-hybridized carbons (Fsp3) is 0.240. The number of carbonyl (C=O) groups is 1. The van der Waals surface area contributed by atoms with Crippen LogP contribution in [0.3, 0.4) is 0 Å². The van der Waals surface area contributed by atoms with E-state index in [9.17, 15) is 28.1 Å². The van der Waals surface area contributed by atoms with Crippen molar-refractivity contribution in [3.8, 4) is 16.9 Å². The maximum absolute atomic E-state index is 13.2. The van der Waals surface area contributed by atoms with Gasteiger partial charge in [-0.15, -0.1) is 13.2 Å². The number of benzene rings is 3. The van der Waals surface area contributed by atoms with E-state index in [1.165, 1.54) is 24.3 Å². The third-order valence-corrected chi connectivity index (χ3v) is 5.73. The van der Waals surface area contributed by atoms with E-state index in [2.05, 4.69) is 4.74 Å². The summed E-state index contributed by atoms with van der Waals surface area (Å²) in [5, 5.41) is 11.6. The Morgan fingerprint density at radius 3 is 2.29 bits per heavy atom. The molecule has 1 saturated heterocycles. The average molecular weight is 485 g/mol. The summed E-state index contributed by atoms with van der Waals surface area (Å²) >= 11 is 0. The van der Waals surface area contributed by atoms with E-state index in [1.54, 1.807) is 23.1 Å². The van der Waals surface area contributed by atoms with Crippen molar-refractivity contribution in [2.75, 3.05) is 26.2 Å². The van der Waals surface area contributed by atoms with E-state index in [-0.39, 0.29) is 17.0 Å². The molecule has 0 bridgehead atoms. The maximum Gasteiger partial charge on any atom is 0.573 e. The van der Waals surface area contributed by atoms with Crippen LogP contribution in [0.5, 0.6) is 5.75 Å². The molecular weight excluding hydrogens is 463 g/mol. The Balaban J connectivity index is 1.44. The van der Waals surface area contributed by atoms with E-state index in [0.717, 1.165) is 5.56 Å². The normalized spacial score (nSPS) is 14.5. The molecular formula is C25H22F3N3O4. The van der Waals surface area contributed by atoms with Gasteiger partial charge in [0.05, 0.1) is 4.92 Å². The number of halogens is 3. The summed E-state index contributed by atoms with van der Waals surface area (Å²) in [6.07, 6.45) is -4.76. The van der Waals surface area contributed by atoms with Crippen LogP contribution in [0.4, 0.5) is 18.9 Å². The third kappa shape index (κ3) is 6.15. The van der Waals surface area contributed by atoms with E-state index >= 15 is 0 Å². The van der Waals surface area contributed by atoms with Gasteiger partial charge in [0.1, 0.15) is 11.3 Å². The molecule has 0 aromatic heterocycles. The van der Waals surface area contributed by atoms with Gasteiger partial charge in [0.25, 0.3) is 11.6 Å². The molecule has 10 heteroatoms. The van der Waals surface area contributed by atoms with Gasteiger partial charge in [-0.3, -0.25) is 19.8 Å². The topological polar surface area (TPSA) is 75.9 Å². The maximum atomic E-state index is 13.2. The largest absolute Gasteiger partial charge is 0.573 e. The summed E-state index contributed by atoms with van der Waals surface area (Å²) in [6, 6.07) is 19.6. The van der Waals surface area contributed by atoms with Crippen molar-refractivity contribution >= 4 is 11.6 Å². The molecule has 0 N–H and O–H groups in total. The minimum absolute atomic E-state index is 0.0294. The molecule has 0 atom stereocenters. The van der Waals surface area contributed by atoms with E-state index in [1.807, 2.05) is 35.2 Å². The van der Waals surface area contributed by atoms with Crippen molar-refractivity contribution in [2.24, 2.45) is 0 Å². The van der Waals surface area contributed by atoms with Crippen LogP contribution in [0, 0.1) is 10.1 Å². The van der Waals surface area contributed by atoms with Crippen LogP contribution in [0.1, 0.15) is 15.9 Å². The summed E-state index contributed by atoms with van der Waals surface area (Å²) in [6.45, 7) is 2.01. The quantitative estimate of drug-likeness (QED) is 0.358. The summed E-state index contributed by atoms with van der Waals surface area (Å²) in [5.41, 5.74) is 1.98. The Hall–Kier alpha value is -3.92. The van der Waals surface area contributed by atoms with Crippen molar-refractivity contribution in [3.05, 3.63) is 94.0 Å². The molecule has 7 nitrogen and oxygen atoms in total. The minimum atomic E-state index is -4.76. The predicted octanol–water partition coefficient (Wildman–Crippen LogP) is 5.12. The highest BCUT2D eigenvalue weighted by Gasteiger charge is 2.31. The number of nitro groups is 1. The molecule has 1 aliphatic heterocycles. The lowest BCUT2D eigenvalue weighted by Gasteiger charge is -2.34. The van der Waals surface area contributed by atoms with Gasteiger partial charge in [-0.1, -0.05) is 42.5 Å². The Bertz CT molecular complexity index is 1210. The molecule has 0 radical (unpaired) electrons. The van der Waals surface area contributed by atoms with Gasteiger partial charge >= 0.3 is 6.36 Å². The lowest BCUT2D eigenvalue weighted by Crippen LogP contribution is -2.48. The monoisotopic (exact) mass is 485 g/mol. The van der Waals surface area contributed by atoms with Gasteiger partial charge in [-0.25, -0.2) is 0 Å². The number of amides is 1. The van der Waals surface area contributed by atoms with Crippen LogP contribution >= 0.6 is 0 Å². The zero-order valence-corrected chi connectivity index (χ0v) is 18.6. The third-order valence-electron chi connectivity index (χ3n) is 5.73. The number of piperazine rings is 1. The molecule has 182 valence electrons. The average Bonchev–Trinajstić information content (AvgIpc) is 2.83. The molecule has 1 heterocycles. The predicted molar refractivity (Wildman–Crippen MR) is 123 cm³/mol. The number of carbonyl (C=O) groups excluding carboxylic acids is 1. The van der Waals surface area contributed by atoms with Crippen molar-refractivity contribution in [3.63, 3.8) is 0 Å². The van der Waals surface area contributed by atoms with Gasteiger partial charge in [0.15, 0.2) is 0 Å². The zero-order chi connectivity index (χ0) is 25.0. The smallest absolute Gasteiger partial charge is 0.406 e. The molecule has 0 unspecified atom stereocenters. The molecule has 3 aromatic carbocycles. The molecule has 1 fully saturated rings. The van der Waals surface area contributed by atoms with Gasteiger partial charge in [0, 0.05) is 38.8 Å². The molecule has 35 heavy (non-hydrogen) atoms. The number of nitro benzene ring substituents is 1. The lowest BCUT2D eigenvalue weighted by atomic mass is 10.0. The number of alkyl halides is 3. The van der Waals surface area contributed by atoms with Gasteiger partial charge in [-0.05, 0) is 41.0 Å². The molecule has 0 saturated carbocycles. The fourth-order valence-electron chi connectivity index (χ4n) is 4.06. The summed E-state index contributed by atoms with van der Waals surface area (Å²) in [5.74, 6) is -0.705. The molecule has 1 aliphatic rings. The van der Waals surface area contributed by atoms with Crippen LogP contribution < -0.4 is 4.74 Å². The Labute approximate surface area is 199 Å². The standard InChI is InChI=1S/C25H22F3N3O4/c26-25(27,28)35-21-8-4-5-18(15-21)17-29-11-13-30(14-12-29)24(32)22-16-20(9-10-23(22)31(33)34)19-6-2-1-3-7-19/h1-10,15-16H,11-14,17H2. The Kier molecular flexibility index (Phi) is 7.02. The number of ether oxygens (including phenoxy) is 1. The number of rotatable bonds is 6. The summed E-state index contributed by atoms with van der Waals surface area (Å²) in [4.78, 5) is 27.8. The number of hydrogen-bond acceptors (Lipinski definition) is 5. The molecule has 0 aliphatic carbocycles. The molecule has 3 aromatic rings. The first-order chi connectivity index (χ1) is 16.7. The second-order valence-electron chi connectivity index (χ2n) is 8.12. The molecule has 1 amide bonds. The highest BCUT2D eigenvalue weighted by Crippen LogP contribution is 2.28. The Morgan fingerprint density at radius 1 is 0.914 bits per heavy atom. The van der Waals surface area contributed by atoms with E-state index < -0.39 is 17.2 Å². The lowest BCUT2D eigenvalue weighted by molar-refractivity contribution is -0.385. The second-order valence-corrected chi connectivity index (χ2v) is 8.12. The van der Waals surface area contributed by atoms with Crippen LogP contribution in [-0.2, 0) is 6.54 Å².